The molecule has 1 fully saturated rings. The number of rotatable bonds is 8. The van der Waals surface area contributed by atoms with Gasteiger partial charge in [-0.05, 0) is 60.9 Å². The molecule has 1 amide bonds. The van der Waals surface area contributed by atoms with Gasteiger partial charge >= 0.3 is 0 Å². The Kier molecular flexibility index (Phi) is 6.82. The average Bonchev–Trinajstić information content (AvgIpc) is 3.31. The Morgan fingerprint density at radius 2 is 1.58 bits per heavy atom. The zero-order chi connectivity index (χ0) is 21.5. The molecular weight excluding hydrogens is 390 g/mol. The molecule has 3 aromatic rings. The Morgan fingerprint density at radius 3 is 2.29 bits per heavy atom. The second-order valence-corrected chi connectivity index (χ2v) is 7.42. The van der Waals surface area contributed by atoms with E-state index in [0.717, 1.165) is 28.3 Å². The largest absolute Gasteiger partial charge is 0.494 e. The molecule has 1 aliphatic heterocycles. The summed E-state index contributed by atoms with van der Waals surface area (Å²) in [4.78, 5) is 12.7. The third kappa shape index (κ3) is 5.63. The van der Waals surface area contributed by atoms with Crippen molar-refractivity contribution in [2.45, 2.75) is 32.0 Å². The third-order valence-corrected chi connectivity index (χ3v) is 5.18. The van der Waals surface area contributed by atoms with Crippen molar-refractivity contribution in [1.29, 1.82) is 0 Å². The lowest BCUT2D eigenvalue weighted by Crippen LogP contribution is -2.39. The van der Waals surface area contributed by atoms with Crippen molar-refractivity contribution in [2.24, 2.45) is 0 Å². The summed E-state index contributed by atoms with van der Waals surface area (Å²) in [6.07, 6.45) is 0.665. The summed E-state index contributed by atoms with van der Waals surface area (Å²) in [5, 5.41) is 2.97. The van der Waals surface area contributed by atoms with Gasteiger partial charge in [0, 0.05) is 11.7 Å². The molecule has 0 bridgehead atoms. The van der Waals surface area contributed by atoms with E-state index < -0.39 is 0 Å². The highest BCUT2D eigenvalue weighted by molar-refractivity contribution is 5.95. The summed E-state index contributed by atoms with van der Waals surface area (Å²) < 4.78 is 11.3. The standard InChI is InChI=1S/C25H27N3O3/c1-2-30-21-12-8-19(9-13-21)23-16-24(28-27-23)25(29)26-20-10-14-22(15-11-20)31-17-18-6-4-3-5-7-18/h3-15,23-24,27-28H,2,16-17H2,1H3,(H,26,29). The fraction of sp³-hybridized carbons (Fsp3) is 0.240. The van der Waals surface area contributed by atoms with Crippen molar-refractivity contribution in [2.75, 3.05) is 11.9 Å². The number of hydrogen-bond donors (Lipinski definition) is 3. The topological polar surface area (TPSA) is 71.6 Å². The number of carbonyl (C=O) groups excluding carboxylic acids is 1. The molecule has 0 aliphatic carbocycles. The number of carbonyl (C=O) groups is 1. The molecule has 160 valence electrons. The zero-order valence-corrected chi connectivity index (χ0v) is 17.5. The van der Waals surface area contributed by atoms with Crippen LogP contribution < -0.4 is 25.6 Å². The number of ether oxygens (including phenoxy) is 2. The summed E-state index contributed by atoms with van der Waals surface area (Å²) >= 11 is 0. The Morgan fingerprint density at radius 1 is 0.903 bits per heavy atom. The number of anilines is 1. The van der Waals surface area contributed by atoms with Gasteiger partial charge in [0.05, 0.1) is 6.61 Å². The molecule has 1 saturated heterocycles. The van der Waals surface area contributed by atoms with Gasteiger partial charge in [0.15, 0.2) is 0 Å². The van der Waals surface area contributed by atoms with Crippen LogP contribution in [0.4, 0.5) is 5.69 Å². The molecule has 0 aromatic heterocycles. The van der Waals surface area contributed by atoms with Crippen LogP contribution in [0, 0.1) is 0 Å². The minimum Gasteiger partial charge on any atom is -0.494 e. The van der Waals surface area contributed by atoms with E-state index in [1.807, 2.05) is 85.8 Å². The SMILES string of the molecule is CCOc1ccc(C2CC(C(=O)Nc3ccc(OCc4ccccc4)cc3)NN2)cc1. The molecule has 3 N–H and O–H groups in total. The molecule has 3 aromatic carbocycles. The van der Waals surface area contributed by atoms with E-state index in [1.165, 1.54) is 0 Å². The number of nitrogens with one attached hydrogen (secondary N) is 3. The van der Waals surface area contributed by atoms with Gasteiger partial charge in [0.25, 0.3) is 0 Å². The van der Waals surface area contributed by atoms with E-state index in [2.05, 4.69) is 16.2 Å². The monoisotopic (exact) mass is 417 g/mol. The molecule has 6 heteroatoms. The average molecular weight is 418 g/mol. The first-order chi connectivity index (χ1) is 15.2. The fourth-order valence-corrected chi connectivity index (χ4v) is 3.51. The van der Waals surface area contributed by atoms with Crippen LogP contribution in [0.2, 0.25) is 0 Å². The number of hydrazine groups is 1. The zero-order valence-electron chi connectivity index (χ0n) is 17.5. The van der Waals surface area contributed by atoms with Crippen molar-refractivity contribution in [3.8, 4) is 11.5 Å². The van der Waals surface area contributed by atoms with E-state index in [9.17, 15) is 4.79 Å². The minimum absolute atomic E-state index is 0.0696. The third-order valence-electron chi connectivity index (χ3n) is 5.18. The lowest BCUT2D eigenvalue weighted by Gasteiger charge is -2.12. The molecule has 0 spiro atoms. The van der Waals surface area contributed by atoms with Crippen molar-refractivity contribution in [3.63, 3.8) is 0 Å². The smallest absolute Gasteiger partial charge is 0.242 e. The molecule has 6 nitrogen and oxygen atoms in total. The first-order valence-electron chi connectivity index (χ1n) is 10.5. The Balaban J connectivity index is 1.27. The summed E-state index contributed by atoms with van der Waals surface area (Å²) in [6, 6.07) is 25.2. The summed E-state index contributed by atoms with van der Waals surface area (Å²) in [5.41, 5.74) is 9.28. The molecule has 0 saturated carbocycles. The van der Waals surface area contributed by atoms with Gasteiger partial charge in [-0.1, -0.05) is 42.5 Å². The molecule has 1 aliphatic rings. The normalized spacial score (nSPS) is 17.8. The van der Waals surface area contributed by atoms with Crippen LogP contribution in [0.1, 0.15) is 30.5 Å². The first-order valence-corrected chi connectivity index (χ1v) is 10.5. The first kappa shape index (κ1) is 20.9. The highest BCUT2D eigenvalue weighted by Crippen LogP contribution is 2.25. The van der Waals surface area contributed by atoms with Crippen molar-refractivity contribution < 1.29 is 14.3 Å². The van der Waals surface area contributed by atoms with Gasteiger partial charge in [-0.3, -0.25) is 4.79 Å². The van der Waals surface area contributed by atoms with Crippen molar-refractivity contribution in [1.82, 2.24) is 10.9 Å². The molecule has 0 radical (unpaired) electrons. The van der Waals surface area contributed by atoms with Crippen LogP contribution in [0.15, 0.2) is 78.9 Å². The van der Waals surface area contributed by atoms with Crippen LogP contribution in [0.3, 0.4) is 0 Å². The van der Waals surface area contributed by atoms with Crippen LogP contribution in [0.5, 0.6) is 11.5 Å². The lowest BCUT2D eigenvalue weighted by atomic mass is 10.0. The molecule has 2 atom stereocenters. The predicted octanol–water partition coefficient (Wildman–Crippen LogP) is 4.21. The highest BCUT2D eigenvalue weighted by atomic mass is 16.5. The second-order valence-electron chi connectivity index (χ2n) is 7.42. The molecule has 4 rings (SSSR count). The lowest BCUT2D eigenvalue weighted by molar-refractivity contribution is -0.117. The van der Waals surface area contributed by atoms with Gasteiger partial charge in [0.2, 0.25) is 5.91 Å². The summed E-state index contributed by atoms with van der Waals surface area (Å²) in [6.45, 7) is 3.12. The van der Waals surface area contributed by atoms with Crippen LogP contribution in [-0.2, 0) is 11.4 Å². The van der Waals surface area contributed by atoms with Crippen LogP contribution in [0.25, 0.3) is 0 Å². The molecule has 1 heterocycles. The predicted molar refractivity (Wildman–Crippen MR) is 121 cm³/mol. The van der Waals surface area contributed by atoms with E-state index in [-0.39, 0.29) is 18.0 Å². The van der Waals surface area contributed by atoms with Gasteiger partial charge < -0.3 is 14.8 Å². The van der Waals surface area contributed by atoms with Gasteiger partial charge in [-0.15, -0.1) is 0 Å². The Labute approximate surface area is 182 Å². The van der Waals surface area contributed by atoms with Crippen molar-refractivity contribution >= 4 is 11.6 Å². The van der Waals surface area contributed by atoms with Crippen LogP contribution >= 0.6 is 0 Å². The fourth-order valence-electron chi connectivity index (χ4n) is 3.51. The summed E-state index contributed by atoms with van der Waals surface area (Å²) in [5.74, 6) is 1.54. The number of amides is 1. The summed E-state index contributed by atoms with van der Waals surface area (Å²) in [7, 11) is 0. The molecular formula is C25H27N3O3. The molecule has 31 heavy (non-hydrogen) atoms. The van der Waals surface area contributed by atoms with E-state index in [1.54, 1.807) is 0 Å². The number of hydrogen-bond acceptors (Lipinski definition) is 5. The quantitative estimate of drug-likeness (QED) is 0.512. The Bertz CT molecular complexity index is 975. The van der Waals surface area contributed by atoms with Crippen LogP contribution in [-0.4, -0.2) is 18.6 Å². The maximum absolute atomic E-state index is 12.7. The maximum Gasteiger partial charge on any atom is 0.242 e. The van der Waals surface area contributed by atoms with Gasteiger partial charge in [0.1, 0.15) is 24.1 Å². The van der Waals surface area contributed by atoms with E-state index in [4.69, 9.17) is 9.47 Å². The van der Waals surface area contributed by atoms with Crippen molar-refractivity contribution in [3.05, 3.63) is 90.0 Å². The number of benzene rings is 3. The second kappa shape index (κ2) is 10.1. The van der Waals surface area contributed by atoms with E-state index in [0.29, 0.717) is 19.6 Å². The van der Waals surface area contributed by atoms with E-state index >= 15 is 0 Å². The van der Waals surface area contributed by atoms with Gasteiger partial charge in [-0.2, -0.15) is 0 Å². The highest BCUT2D eigenvalue weighted by Gasteiger charge is 2.30. The maximum atomic E-state index is 12.7. The van der Waals surface area contributed by atoms with Gasteiger partial charge in [-0.25, -0.2) is 10.9 Å². The molecule has 2 unspecified atom stereocenters. The Hall–Kier alpha value is -3.35. The minimum atomic E-state index is -0.314.